The van der Waals surface area contributed by atoms with E-state index in [2.05, 4.69) is 21.5 Å². The number of carbonyl (C=O) groups excluding carboxylic acids is 1. The van der Waals surface area contributed by atoms with Crippen LogP contribution in [0.25, 0.3) is 0 Å². The molecule has 2 rings (SSSR count). The Morgan fingerprint density at radius 2 is 2.08 bits per heavy atom. The Balaban J connectivity index is 2.15. The zero-order valence-electron chi connectivity index (χ0n) is 13.4. The summed E-state index contributed by atoms with van der Waals surface area (Å²) in [6.45, 7) is 1.54. The third-order valence-electron chi connectivity index (χ3n) is 3.48. The van der Waals surface area contributed by atoms with E-state index in [0.717, 1.165) is 5.56 Å². The second-order valence-corrected chi connectivity index (χ2v) is 6.91. The van der Waals surface area contributed by atoms with E-state index in [0.29, 0.717) is 15.8 Å². The highest BCUT2D eigenvalue weighted by atomic mass is 35.5. The van der Waals surface area contributed by atoms with Crippen LogP contribution in [0.3, 0.4) is 0 Å². The van der Waals surface area contributed by atoms with Gasteiger partial charge >= 0.3 is 6.03 Å². The molecule has 9 heteroatoms. The van der Waals surface area contributed by atoms with Gasteiger partial charge in [0.25, 0.3) is 0 Å². The lowest BCUT2D eigenvalue weighted by Gasteiger charge is -2.22. The molecule has 0 aliphatic rings. The number of carbonyl (C=O) groups is 1. The molecule has 0 aliphatic carbocycles. The molecule has 0 saturated carbocycles. The Bertz CT molecular complexity index is 799. The molecule has 0 aliphatic heterocycles. The number of hydrogen-bond acceptors (Lipinski definition) is 4. The van der Waals surface area contributed by atoms with E-state index in [9.17, 15) is 9.90 Å². The third kappa shape index (κ3) is 5.02. The molecule has 124 valence electrons. The monoisotopic (exact) mass is 369 g/mol. The van der Waals surface area contributed by atoms with Crippen molar-refractivity contribution in [3.8, 4) is 12.3 Å². The van der Waals surface area contributed by atoms with Crippen molar-refractivity contribution in [1.29, 1.82) is 0 Å². The zero-order valence-corrected chi connectivity index (χ0v) is 15.0. The van der Waals surface area contributed by atoms with Crippen LogP contribution in [-0.4, -0.2) is 43.8 Å². The minimum absolute atomic E-state index is 0.316. The summed E-state index contributed by atoms with van der Waals surface area (Å²) in [5.74, 6) is 2.75. The molecule has 1 unspecified atom stereocenters. The van der Waals surface area contributed by atoms with Crippen molar-refractivity contribution in [2.75, 3.05) is 11.9 Å². The number of amides is 2. The topological polar surface area (TPSA) is 74.2 Å². The van der Waals surface area contributed by atoms with Gasteiger partial charge in [0.2, 0.25) is 0 Å². The summed E-state index contributed by atoms with van der Waals surface area (Å²) in [6.07, 6.45) is 5.74. The molecular formula is C16H14B2ClN3O2S. The summed E-state index contributed by atoms with van der Waals surface area (Å²) >= 11 is 7.14. The standard InChI is InChI=1S/C16H14B2ClN3O2S/c1-3-15(2,10-4-6-11(19)7-5-10)12-8-25-14(21-12)22-13(23)20-9-16(17,18)24/h1,4-8,24H,9H2,2H3,(H2,20,21,22,23). The van der Waals surface area contributed by atoms with Crippen molar-refractivity contribution in [2.24, 2.45) is 0 Å². The van der Waals surface area contributed by atoms with Crippen molar-refractivity contribution < 1.29 is 9.90 Å². The maximum absolute atomic E-state index is 11.8. The number of urea groups is 1. The SMILES string of the molecule is [B]C([B])(O)CNC(=O)Nc1nc(C(C)(C#C)c2ccc(Cl)cc2)cs1. The number of aromatic nitrogens is 1. The number of terminal acetylenes is 1. The van der Waals surface area contributed by atoms with Crippen LogP contribution in [0.2, 0.25) is 5.02 Å². The fourth-order valence-electron chi connectivity index (χ4n) is 2.01. The van der Waals surface area contributed by atoms with Crippen molar-refractivity contribution >= 4 is 49.8 Å². The molecule has 2 aromatic rings. The van der Waals surface area contributed by atoms with Crippen molar-refractivity contribution in [3.05, 3.63) is 45.9 Å². The average molecular weight is 369 g/mol. The number of nitrogens with one attached hydrogen (secondary N) is 2. The summed E-state index contributed by atoms with van der Waals surface area (Å²) in [6, 6.07) is 6.59. The fourth-order valence-corrected chi connectivity index (χ4v) is 2.95. The predicted octanol–water partition coefficient (Wildman–Crippen LogP) is 1.84. The van der Waals surface area contributed by atoms with Crippen LogP contribution in [0.15, 0.2) is 29.6 Å². The van der Waals surface area contributed by atoms with Crippen LogP contribution in [0.1, 0.15) is 18.2 Å². The molecular weight excluding hydrogens is 355 g/mol. The Morgan fingerprint density at radius 3 is 2.64 bits per heavy atom. The maximum atomic E-state index is 11.8. The Kier molecular flexibility index (Phi) is 5.83. The van der Waals surface area contributed by atoms with E-state index >= 15 is 0 Å². The van der Waals surface area contributed by atoms with Gasteiger partial charge < -0.3 is 10.4 Å². The smallest absolute Gasteiger partial charge is 0.321 e. The summed E-state index contributed by atoms with van der Waals surface area (Å²) in [7, 11) is 10.4. The van der Waals surface area contributed by atoms with Crippen molar-refractivity contribution in [1.82, 2.24) is 10.3 Å². The highest BCUT2D eigenvalue weighted by Gasteiger charge is 2.29. The first kappa shape index (κ1) is 19.4. The molecule has 25 heavy (non-hydrogen) atoms. The third-order valence-corrected chi connectivity index (χ3v) is 4.49. The normalized spacial score (nSPS) is 13.5. The molecule has 2 amide bonds. The number of benzene rings is 1. The minimum atomic E-state index is -1.98. The van der Waals surface area contributed by atoms with Crippen molar-refractivity contribution in [2.45, 2.75) is 17.7 Å². The van der Waals surface area contributed by atoms with E-state index in [-0.39, 0.29) is 6.54 Å². The van der Waals surface area contributed by atoms with E-state index in [1.54, 1.807) is 17.5 Å². The first-order valence-electron chi connectivity index (χ1n) is 7.19. The Hall–Kier alpha value is -1.94. The number of thiazole rings is 1. The lowest BCUT2D eigenvalue weighted by molar-refractivity contribution is 0.205. The lowest BCUT2D eigenvalue weighted by atomic mass is 9.65. The van der Waals surface area contributed by atoms with Crippen LogP contribution in [0, 0.1) is 12.3 Å². The summed E-state index contributed by atoms with van der Waals surface area (Å²) in [5, 5.41) is 14.8. The Labute approximate surface area is 158 Å². The summed E-state index contributed by atoms with van der Waals surface area (Å²) in [4.78, 5) is 16.1. The molecule has 0 bridgehead atoms. The average Bonchev–Trinajstić information content (AvgIpc) is 3.01. The van der Waals surface area contributed by atoms with E-state index in [4.69, 9.17) is 33.7 Å². The molecule has 1 aromatic heterocycles. The van der Waals surface area contributed by atoms with Crippen molar-refractivity contribution in [3.63, 3.8) is 0 Å². The van der Waals surface area contributed by atoms with E-state index in [1.165, 1.54) is 11.3 Å². The van der Waals surface area contributed by atoms with Gasteiger partial charge in [-0.3, -0.25) is 5.32 Å². The Morgan fingerprint density at radius 1 is 1.44 bits per heavy atom. The summed E-state index contributed by atoms with van der Waals surface area (Å²) < 4.78 is 0. The minimum Gasteiger partial charge on any atom is -0.407 e. The second-order valence-electron chi connectivity index (χ2n) is 5.61. The first-order chi connectivity index (χ1) is 11.6. The van der Waals surface area contributed by atoms with Crippen LogP contribution in [0.4, 0.5) is 9.93 Å². The number of halogens is 1. The molecule has 1 heterocycles. The number of rotatable bonds is 5. The number of nitrogens with zero attached hydrogens (tertiary/aromatic N) is 1. The van der Waals surface area contributed by atoms with Crippen LogP contribution in [0.5, 0.6) is 0 Å². The molecule has 0 saturated heterocycles. The van der Waals surface area contributed by atoms with Crippen LogP contribution < -0.4 is 10.6 Å². The van der Waals surface area contributed by atoms with Gasteiger partial charge in [-0.15, -0.1) is 17.8 Å². The van der Waals surface area contributed by atoms with Gasteiger partial charge in [0.1, 0.15) is 15.7 Å². The van der Waals surface area contributed by atoms with Gasteiger partial charge in [0.05, 0.1) is 11.1 Å². The highest BCUT2D eigenvalue weighted by molar-refractivity contribution is 7.14. The predicted molar refractivity (Wildman–Crippen MR) is 102 cm³/mol. The molecule has 4 radical (unpaired) electrons. The molecule has 3 N–H and O–H groups in total. The van der Waals surface area contributed by atoms with Gasteiger partial charge in [-0.05, 0) is 24.6 Å². The highest BCUT2D eigenvalue weighted by Crippen LogP contribution is 2.33. The van der Waals surface area contributed by atoms with Gasteiger partial charge in [-0.25, -0.2) is 9.78 Å². The number of aliphatic hydroxyl groups is 1. The molecule has 0 spiro atoms. The van der Waals surface area contributed by atoms with Gasteiger partial charge in [-0.1, -0.05) is 29.7 Å². The maximum Gasteiger partial charge on any atom is 0.321 e. The number of hydrogen-bond donors (Lipinski definition) is 3. The van der Waals surface area contributed by atoms with E-state index in [1.807, 2.05) is 19.1 Å². The van der Waals surface area contributed by atoms with Gasteiger partial charge in [-0.2, -0.15) is 0 Å². The molecule has 0 fully saturated rings. The second kappa shape index (κ2) is 7.52. The molecule has 1 aromatic carbocycles. The van der Waals surface area contributed by atoms with Crippen LogP contribution >= 0.6 is 22.9 Å². The summed E-state index contributed by atoms with van der Waals surface area (Å²) in [5.41, 5.74) is 0.704. The van der Waals surface area contributed by atoms with Crippen LogP contribution in [-0.2, 0) is 5.41 Å². The van der Waals surface area contributed by atoms with Gasteiger partial charge in [0, 0.05) is 22.3 Å². The molecule has 5 nitrogen and oxygen atoms in total. The first-order valence-corrected chi connectivity index (χ1v) is 8.44. The molecule has 1 atom stereocenters. The fraction of sp³-hybridized carbons (Fsp3) is 0.250. The van der Waals surface area contributed by atoms with Gasteiger partial charge in [0.15, 0.2) is 5.13 Å². The zero-order chi connectivity index (χ0) is 18.7. The van der Waals surface area contributed by atoms with E-state index < -0.39 is 16.8 Å². The largest absolute Gasteiger partial charge is 0.407 e. The number of anilines is 1. The quantitative estimate of drug-likeness (QED) is 0.556. The lowest BCUT2D eigenvalue weighted by Crippen LogP contribution is -2.45.